The maximum Gasteiger partial charge on any atom is 0.573 e. The van der Waals surface area contributed by atoms with Gasteiger partial charge in [-0.3, -0.25) is 4.79 Å². The third-order valence-electron chi connectivity index (χ3n) is 4.55. The Morgan fingerprint density at radius 2 is 1.91 bits per heavy atom. The fourth-order valence-corrected chi connectivity index (χ4v) is 3.12. The van der Waals surface area contributed by atoms with E-state index in [9.17, 15) is 18.0 Å². The van der Waals surface area contributed by atoms with Crippen LogP contribution < -0.4 is 14.8 Å². The van der Waals surface area contributed by atoms with Crippen LogP contribution >= 0.6 is 0 Å². The monoisotopic (exact) mass is 446 g/mol. The number of halogens is 3. The van der Waals surface area contributed by atoms with Gasteiger partial charge in [0.2, 0.25) is 0 Å². The maximum atomic E-state index is 12.8. The predicted octanol–water partition coefficient (Wildman–Crippen LogP) is 3.06. The molecule has 1 amide bonds. The first-order valence-electron chi connectivity index (χ1n) is 9.32. The zero-order chi connectivity index (χ0) is 22.9. The minimum Gasteiger partial charge on any atom is -0.497 e. The summed E-state index contributed by atoms with van der Waals surface area (Å²) in [4.78, 5) is 12.8. The number of carbonyl (C=O) groups is 1. The number of methoxy groups -OCH3 is 1. The highest BCUT2D eigenvalue weighted by Gasteiger charge is 2.31. The van der Waals surface area contributed by atoms with Crippen LogP contribution in [0.5, 0.6) is 11.5 Å². The average molecular weight is 446 g/mol. The molecule has 1 aromatic carbocycles. The number of hydrogen-bond donors (Lipinski definition) is 1. The maximum absolute atomic E-state index is 12.8. The number of pyridine rings is 1. The Hall–Kier alpha value is -4.09. The second kappa shape index (κ2) is 8.21. The Balaban J connectivity index is 1.45. The summed E-state index contributed by atoms with van der Waals surface area (Å²) >= 11 is 0. The highest BCUT2D eigenvalue weighted by Crippen LogP contribution is 2.24. The topological polar surface area (TPSA) is 95.6 Å². The summed E-state index contributed by atoms with van der Waals surface area (Å²) in [5, 5.41) is 15.0. The fourth-order valence-electron chi connectivity index (χ4n) is 3.12. The molecule has 0 saturated carbocycles. The van der Waals surface area contributed by atoms with Crippen LogP contribution in [0.25, 0.3) is 11.2 Å². The molecule has 166 valence electrons. The fraction of sp³-hybridized carbons (Fsp3) is 0.200. The van der Waals surface area contributed by atoms with Gasteiger partial charge in [-0.25, -0.2) is 9.20 Å². The molecule has 0 atom stereocenters. The first-order chi connectivity index (χ1) is 15.2. The van der Waals surface area contributed by atoms with Crippen LogP contribution in [-0.2, 0) is 6.54 Å². The molecule has 4 rings (SSSR count). The van der Waals surface area contributed by atoms with Gasteiger partial charge in [-0.15, -0.1) is 18.3 Å². The van der Waals surface area contributed by atoms with Crippen molar-refractivity contribution in [3.05, 3.63) is 65.7 Å². The van der Waals surface area contributed by atoms with E-state index >= 15 is 0 Å². The van der Waals surface area contributed by atoms with Crippen molar-refractivity contribution in [1.82, 2.24) is 29.9 Å². The van der Waals surface area contributed by atoms with Crippen molar-refractivity contribution in [2.24, 2.45) is 0 Å². The molecule has 0 bridgehead atoms. The standard InChI is InChI=1S/C20H17F3N6O3/c1-12-18(17-9-16(31-2)7-8-28(17)26-12)19(30)24-10-13-11-29(27-25-13)14-3-5-15(6-4-14)32-20(21,22)23/h3-9,11H,10H2,1-2H3,(H,24,30). The number of fused-ring (bicyclic) bond motifs is 1. The number of alkyl halides is 3. The number of nitrogens with zero attached hydrogens (tertiary/aromatic N) is 5. The van der Waals surface area contributed by atoms with Gasteiger partial charge < -0.3 is 14.8 Å². The molecular formula is C20H17F3N6O3. The van der Waals surface area contributed by atoms with Gasteiger partial charge in [0.25, 0.3) is 5.91 Å². The lowest BCUT2D eigenvalue weighted by Crippen LogP contribution is -2.23. The summed E-state index contributed by atoms with van der Waals surface area (Å²) in [5.74, 6) is -0.0794. The molecule has 0 aliphatic rings. The van der Waals surface area contributed by atoms with Crippen molar-refractivity contribution in [3.8, 4) is 17.2 Å². The number of hydrogen-bond acceptors (Lipinski definition) is 6. The predicted molar refractivity (Wildman–Crippen MR) is 106 cm³/mol. The van der Waals surface area contributed by atoms with Crippen LogP contribution in [0, 0.1) is 6.92 Å². The van der Waals surface area contributed by atoms with Crippen LogP contribution in [0.3, 0.4) is 0 Å². The van der Waals surface area contributed by atoms with Gasteiger partial charge >= 0.3 is 6.36 Å². The van der Waals surface area contributed by atoms with E-state index in [0.29, 0.717) is 33.9 Å². The van der Waals surface area contributed by atoms with Gasteiger partial charge in [0.15, 0.2) is 0 Å². The van der Waals surface area contributed by atoms with E-state index in [1.807, 2.05) is 0 Å². The van der Waals surface area contributed by atoms with Gasteiger partial charge in [0, 0.05) is 12.3 Å². The quantitative estimate of drug-likeness (QED) is 0.489. The number of aromatic nitrogens is 5. The number of amides is 1. The molecule has 0 aliphatic carbocycles. The molecule has 9 nitrogen and oxygen atoms in total. The SMILES string of the molecule is COc1ccn2nc(C)c(C(=O)NCc3cn(-c4ccc(OC(F)(F)F)cc4)nn3)c2c1. The Kier molecular flexibility index (Phi) is 5.43. The van der Waals surface area contributed by atoms with Crippen molar-refractivity contribution in [2.45, 2.75) is 19.8 Å². The second-order valence-corrected chi connectivity index (χ2v) is 6.74. The molecule has 12 heteroatoms. The van der Waals surface area contributed by atoms with Crippen LogP contribution in [0.15, 0.2) is 48.8 Å². The first-order valence-corrected chi connectivity index (χ1v) is 9.32. The molecule has 3 heterocycles. The lowest BCUT2D eigenvalue weighted by Gasteiger charge is -2.09. The molecule has 0 aliphatic heterocycles. The Labute approximate surface area is 179 Å². The van der Waals surface area contributed by atoms with Gasteiger partial charge in [-0.05, 0) is 37.3 Å². The van der Waals surface area contributed by atoms with Gasteiger partial charge in [-0.2, -0.15) is 5.10 Å². The van der Waals surface area contributed by atoms with E-state index in [1.165, 1.54) is 36.1 Å². The lowest BCUT2D eigenvalue weighted by atomic mass is 10.2. The molecule has 4 aromatic rings. The second-order valence-electron chi connectivity index (χ2n) is 6.74. The largest absolute Gasteiger partial charge is 0.573 e. The van der Waals surface area contributed by atoms with Crippen molar-refractivity contribution >= 4 is 11.4 Å². The van der Waals surface area contributed by atoms with E-state index in [2.05, 4.69) is 25.5 Å². The number of rotatable bonds is 6. The summed E-state index contributed by atoms with van der Waals surface area (Å²) in [6, 6.07) is 8.63. The molecule has 0 radical (unpaired) electrons. The van der Waals surface area contributed by atoms with Crippen molar-refractivity contribution < 1.29 is 27.4 Å². The number of nitrogens with one attached hydrogen (secondary N) is 1. The third-order valence-corrected chi connectivity index (χ3v) is 4.55. The van der Waals surface area contributed by atoms with E-state index in [1.54, 1.807) is 36.0 Å². The number of benzene rings is 1. The lowest BCUT2D eigenvalue weighted by molar-refractivity contribution is -0.274. The van der Waals surface area contributed by atoms with E-state index < -0.39 is 6.36 Å². The minimum atomic E-state index is -4.76. The molecule has 0 saturated heterocycles. The highest BCUT2D eigenvalue weighted by atomic mass is 19.4. The number of carbonyl (C=O) groups excluding carboxylic acids is 1. The average Bonchev–Trinajstić information content (AvgIpc) is 3.34. The molecule has 0 spiro atoms. The van der Waals surface area contributed by atoms with Crippen molar-refractivity contribution in [1.29, 1.82) is 0 Å². The van der Waals surface area contributed by atoms with Gasteiger partial charge in [0.1, 0.15) is 17.2 Å². The Morgan fingerprint density at radius 1 is 1.16 bits per heavy atom. The summed E-state index contributed by atoms with van der Waals surface area (Å²) in [6.07, 6.45) is -1.49. The summed E-state index contributed by atoms with van der Waals surface area (Å²) in [5.41, 5.74) is 2.51. The van der Waals surface area contributed by atoms with Gasteiger partial charge in [0.05, 0.1) is 42.3 Å². The molecule has 32 heavy (non-hydrogen) atoms. The third kappa shape index (κ3) is 4.48. The molecule has 3 aromatic heterocycles. The summed E-state index contributed by atoms with van der Waals surface area (Å²) in [7, 11) is 1.54. The van der Waals surface area contributed by atoms with Crippen LogP contribution in [-0.4, -0.2) is 44.0 Å². The summed E-state index contributed by atoms with van der Waals surface area (Å²) < 4.78 is 48.9. The normalized spacial score (nSPS) is 11.5. The number of aryl methyl sites for hydroxylation is 1. The first kappa shape index (κ1) is 21.2. The summed E-state index contributed by atoms with van der Waals surface area (Å²) in [6.45, 7) is 1.83. The minimum absolute atomic E-state index is 0.0921. The van der Waals surface area contributed by atoms with Crippen LogP contribution in [0.2, 0.25) is 0 Å². The van der Waals surface area contributed by atoms with Crippen LogP contribution in [0.1, 0.15) is 21.7 Å². The highest BCUT2D eigenvalue weighted by molar-refractivity contribution is 6.02. The van der Waals surface area contributed by atoms with E-state index in [0.717, 1.165) is 0 Å². The number of ether oxygens (including phenoxy) is 2. The van der Waals surface area contributed by atoms with E-state index in [4.69, 9.17) is 4.74 Å². The Morgan fingerprint density at radius 3 is 2.59 bits per heavy atom. The Bertz CT molecular complexity index is 1260. The van der Waals surface area contributed by atoms with Gasteiger partial charge in [-0.1, -0.05) is 5.21 Å². The zero-order valence-electron chi connectivity index (χ0n) is 16.9. The molecule has 0 unspecified atom stereocenters. The molecule has 1 N–H and O–H groups in total. The van der Waals surface area contributed by atoms with Crippen LogP contribution in [0.4, 0.5) is 13.2 Å². The smallest absolute Gasteiger partial charge is 0.497 e. The zero-order valence-corrected chi connectivity index (χ0v) is 16.9. The van der Waals surface area contributed by atoms with E-state index in [-0.39, 0.29) is 18.2 Å². The molecule has 0 fully saturated rings. The van der Waals surface area contributed by atoms with Crippen molar-refractivity contribution in [3.63, 3.8) is 0 Å². The molecular weight excluding hydrogens is 429 g/mol. The van der Waals surface area contributed by atoms with Crippen molar-refractivity contribution in [2.75, 3.05) is 7.11 Å².